The van der Waals surface area contributed by atoms with Crippen molar-refractivity contribution >= 4 is 19.9 Å². The largest absolute Gasteiger partial charge is 1.00 e. The predicted octanol–water partition coefficient (Wildman–Crippen LogP) is -5.48. The number of hydrogen-bond acceptors (Lipinski definition) is 5. The van der Waals surface area contributed by atoms with E-state index in [-0.39, 0.29) is 69.9 Å². The molecule has 2 N–H and O–H groups in total. The maximum Gasteiger partial charge on any atom is 1.00 e. The molecule has 82 valence electrons. The van der Waals surface area contributed by atoms with Gasteiger partial charge in [-0.1, -0.05) is 44.4 Å². The standard InChI is InChI=1S/C7H18NO3S2.2Na/c1-2-3-4-5-6-7(8)12-13(9,10)11;;/h7,12H,2-6,8H2,1H3,(H,9,10,11);;/q-1;2*+1/p-1. The van der Waals surface area contributed by atoms with Crippen LogP contribution in [0.5, 0.6) is 0 Å². The first-order chi connectivity index (χ1) is 5.95. The summed E-state index contributed by atoms with van der Waals surface area (Å²) in [5.41, 5.74) is 5.45. The van der Waals surface area contributed by atoms with Crippen LogP contribution in [0, 0.1) is 0 Å². The summed E-state index contributed by atoms with van der Waals surface area (Å²) < 4.78 is 30.8. The summed E-state index contributed by atoms with van der Waals surface area (Å²) in [5.74, 6) is 0. The second-order valence-corrected chi connectivity index (χ2v) is 6.65. The van der Waals surface area contributed by atoms with E-state index in [9.17, 15) is 13.0 Å². The first-order valence-electron chi connectivity index (χ1n) is 4.39. The topological polar surface area (TPSA) is 83.2 Å². The number of nitrogens with two attached hydrogens (primary N) is 1. The zero-order valence-electron chi connectivity index (χ0n) is 9.77. The number of rotatable bonds is 7. The molecule has 0 aliphatic carbocycles. The van der Waals surface area contributed by atoms with Crippen LogP contribution in [0.4, 0.5) is 0 Å². The van der Waals surface area contributed by atoms with Gasteiger partial charge >= 0.3 is 59.1 Å². The second kappa shape index (κ2) is 12.7. The SMILES string of the molecule is CCCCCCC(N)[SH-]S(=O)(=O)[O-].[Na+].[Na+]. The molecule has 0 saturated heterocycles. The van der Waals surface area contributed by atoms with E-state index in [0.29, 0.717) is 6.42 Å². The Kier molecular flexibility index (Phi) is 18.9. The summed E-state index contributed by atoms with van der Waals surface area (Å²) >= 11 is 0. The molecular formula is C7H17NNa2O3S2. The predicted molar refractivity (Wildman–Crippen MR) is 55.2 cm³/mol. The smallest absolute Gasteiger partial charge is 0.766 e. The molecule has 1 unspecified atom stereocenters. The van der Waals surface area contributed by atoms with Gasteiger partial charge in [0.2, 0.25) is 0 Å². The number of thiol groups is 1. The van der Waals surface area contributed by atoms with Gasteiger partial charge in [0.05, 0.1) is 0 Å². The van der Waals surface area contributed by atoms with Crippen LogP contribution in [0.1, 0.15) is 39.0 Å². The monoisotopic (exact) mass is 273 g/mol. The van der Waals surface area contributed by atoms with Crippen LogP contribution in [-0.4, -0.2) is 18.3 Å². The number of hydrogen-bond donors (Lipinski definition) is 1. The minimum absolute atomic E-state index is 0. The Morgan fingerprint density at radius 1 is 1.27 bits per heavy atom. The van der Waals surface area contributed by atoms with Gasteiger partial charge in [-0.15, -0.1) is 0 Å². The van der Waals surface area contributed by atoms with Crippen molar-refractivity contribution in [3.05, 3.63) is 0 Å². The van der Waals surface area contributed by atoms with Crippen LogP contribution >= 0.6 is 0 Å². The fourth-order valence-corrected chi connectivity index (χ4v) is 2.93. The molecule has 0 bridgehead atoms. The van der Waals surface area contributed by atoms with Gasteiger partial charge in [-0.2, -0.15) is 0 Å². The molecule has 0 saturated carbocycles. The third-order valence-corrected chi connectivity index (χ3v) is 3.99. The fourth-order valence-electron chi connectivity index (χ4n) is 0.999. The van der Waals surface area contributed by atoms with E-state index in [1.54, 1.807) is 0 Å². The van der Waals surface area contributed by atoms with Gasteiger partial charge in [-0.05, 0) is 0 Å². The molecule has 1 atom stereocenters. The van der Waals surface area contributed by atoms with Crippen molar-refractivity contribution < 1.29 is 72.1 Å². The van der Waals surface area contributed by atoms with Gasteiger partial charge < -0.3 is 21.1 Å². The first kappa shape index (κ1) is 22.4. The normalized spacial score (nSPS) is 12.7. The van der Waals surface area contributed by atoms with Crippen molar-refractivity contribution in [3.63, 3.8) is 0 Å². The quantitative estimate of drug-likeness (QED) is 0.125. The van der Waals surface area contributed by atoms with E-state index in [1.807, 2.05) is 0 Å². The van der Waals surface area contributed by atoms with Gasteiger partial charge in [0.15, 0.2) is 0 Å². The van der Waals surface area contributed by atoms with E-state index in [1.165, 1.54) is 0 Å². The van der Waals surface area contributed by atoms with Crippen LogP contribution < -0.4 is 64.8 Å². The van der Waals surface area contributed by atoms with Crippen LogP contribution in [0.3, 0.4) is 0 Å². The van der Waals surface area contributed by atoms with Crippen molar-refractivity contribution in [2.45, 2.75) is 44.4 Å². The molecule has 0 fully saturated rings. The van der Waals surface area contributed by atoms with E-state index in [4.69, 9.17) is 5.73 Å². The molecule has 0 aromatic heterocycles. The minimum Gasteiger partial charge on any atom is -0.766 e. The summed E-state index contributed by atoms with van der Waals surface area (Å²) in [7, 11) is -4.35. The molecule has 0 aromatic carbocycles. The molecule has 0 aliphatic rings. The molecule has 4 nitrogen and oxygen atoms in total. The Labute approximate surface area is 140 Å². The average Bonchev–Trinajstić information content (AvgIpc) is 1.94. The Bertz CT molecular complexity index is 224. The van der Waals surface area contributed by atoms with E-state index < -0.39 is 14.5 Å². The summed E-state index contributed by atoms with van der Waals surface area (Å²) in [6, 6.07) is 0. The Morgan fingerprint density at radius 2 is 1.80 bits per heavy atom. The first-order valence-corrected chi connectivity index (χ1v) is 7.37. The van der Waals surface area contributed by atoms with Gasteiger partial charge in [-0.3, -0.25) is 8.42 Å². The Morgan fingerprint density at radius 3 is 2.20 bits per heavy atom. The van der Waals surface area contributed by atoms with Crippen LogP contribution in [0.15, 0.2) is 0 Å². The van der Waals surface area contributed by atoms with Gasteiger partial charge in [0.1, 0.15) is 0 Å². The third kappa shape index (κ3) is 18.8. The van der Waals surface area contributed by atoms with Crippen molar-refractivity contribution in [2.75, 3.05) is 0 Å². The Balaban J connectivity index is -0.000000720. The van der Waals surface area contributed by atoms with Crippen molar-refractivity contribution in [3.8, 4) is 0 Å². The molecule has 15 heavy (non-hydrogen) atoms. The molecule has 8 heteroatoms. The molecule has 0 spiro atoms. The van der Waals surface area contributed by atoms with Crippen molar-refractivity contribution in [1.29, 1.82) is 0 Å². The number of unbranched alkanes of at least 4 members (excludes halogenated alkanes) is 3. The van der Waals surface area contributed by atoms with Crippen molar-refractivity contribution in [1.82, 2.24) is 0 Å². The summed E-state index contributed by atoms with van der Waals surface area (Å²) in [4.78, 5) is 0. The average molecular weight is 273 g/mol. The van der Waals surface area contributed by atoms with E-state index in [0.717, 1.165) is 25.7 Å². The molecule has 0 aromatic rings. The Hall–Kier alpha value is 2.22. The second-order valence-electron chi connectivity index (χ2n) is 2.95. The fraction of sp³-hybridized carbons (Fsp3) is 1.00. The summed E-state index contributed by atoms with van der Waals surface area (Å²) in [6.07, 6.45) is 4.83. The summed E-state index contributed by atoms with van der Waals surface area (Å²) in [5, 5.41) is -0.514. The maximum atomic E-state index is 10.3. The van der Waals surface area contributed by atoms with Crippen LogP contribution in [0.2, 0.25) is 0 Å². The van der Waals surface area contributed by atoms with E-state index in [2.05, 4.69) is 6.92 Å². The molecule has 0 amide bonds. The van der Waals surface area contributed by atoms with Crippen LogP contribution in [-0.2, 0) is 19.9 Å². The minimum atomic E-state index is -4.17. The molecule has 0 rings (SSSR count). The molecule has 0 radical (unpaired) electrons. The van der Waals surface area contributed by atoms with Crippen molar-refractivity contribution in [2.24, 2.45) is 5.73 Å². The molecule has 0 heterocycles. The third-order valence-electron chi connectivity index (χ3n) is 1.62. The van der Waals surface area contributed by atoms with Gasteiger partial charge in [0, 0.05) is 9.15 Å². The van der Waals surface area contributed by atoms with Gasteiger partial charge in [0.25, 0.3) is 0 Å². The maximum absolute atomic E-state index is 10.3. The van der Waals surface area contributed by atoms with Gasteiger partial charge in [-0.25, -0.2) is 0 Å². The summed E-state index contributed by atoms with van der Waals surface area (Å²) in [6.45, 7) is 2.10. The molecule has 0 aliphatic heterocycles. The zero-order chi connectivity index (χ0) is 10.3. The van der Waals surface area contributed by atoms with Crippen LogP contribution in [0.25, 0.3) is 0 Å². The zero-order valence-corrected chi connectivity index (χ0v) is 15.5. The van der Waals surface area contributed by atoms with E-state index >= 15 is 0 Å². The molecular weight excluding hydrogens is 256 g/mol.